The number of allylic oxidation sites excluding steroid dienone is 2. The molecule has 2 aliphatic rings. The quantitative estimate of drug-likeness (QED) is 0.682. The third-order valence-electron chi connectivity index (χ3n) is 3.93. The molecule has 0 aromatic carbocycles. The van der Waals surface area contributed by atoms with E-state index in [-0.39, 0.29) is 5.92 Å². The molecule has 1 aliphatic carbocycles. The van der Waals surface area contributed by atoms with Crippen LogP contribution in [0.3, 0.4) is 0 Å². The lowest BCUT2D eigenvalue weighted by atomic mass is 9.85. The Bertz CT molecular complexity index is 753. The lowest BCUT2D eigenvalue weighted by Gasteiger charge is -2.18. The molecule has 3 rings (SSSR count). The van der Waals surface area contributed by atoms with E-state index >= 15 is 0 Å². The van der Waals surface area contributed by atoms with Crippen molar-refractivity contribution in [2.75, 3.05) is 7.05 Å². The van der Waals surface area contributed by atoms with E-state index in [0.29, 0.717) is 23.4 Å². The summed E-state index contributed by atoms with van der Waals surface area (Å²) in [7, 11) is 1.86. The molecule has 1 aromatic rings. The van der Waals surface area contributed by atoms with Crippen LogP contribution < -0.4 is 4.67 Å². The summed E-state index contributed by atoms with van der Waals surface area (Å²) in [5, 5.41) is 8.80. The molecule has 0 radical (unpaired) electrons. The van der Waals surface area contributed by atoms with Gasteiger partial charge in [-0.25, -0.2) is 4.84 Å². The molecule has 22 heavy (non-hydrogen) atoms. The molecule has 0 bridgehead atoms. The van der Waals surface area contributed by atoms with Crippen LogP contribution in [0.1, 0.15) is 32.2 Å². The summed E-state index contributed by atoms with van der Waals surface area (Å²) in [6, 6.07) is 1.92. The van der Waals surface area contributed by atoms with Crippen molar-refractivity contribution in [2.24, 2.45) is 17.8 Å². The summed E-state index contributed by atoms with van der Waals surface area (Å²) >= 11 is 0. The van der Waals surface area contributed by atoms with Crippen molar-refractivity contribution in [3.8, 4) is 11.8 Å². The number of aromatic amines is 1. The first-order valence-electron chi connectivity index (χ1n) is 7.58. The minimum Gasteiger partial charge on any atom is -0.282 e. The second-order valence-corrected chi connectivity index (χ2v) is 6.18. The smallest absolute Gasteiger partial charge is 0.282 e. The van der Waals surface area contributed by atoms with Gasteiger partial charge in [0.15, 0.2) is 5.69 Å². The maximum Gasteiger partial charge on any atom is 0.454 e. The maximum atomic E-state index is 5.72. The maximum absolute atomic E-state index is 5.72. The molecule has 5 nitrogen and oxygen atoms in total. The molecular weight excluding hydrogens is 276 g/mol. The average Bonchev–Trinajstić information content (AvgIpc) is 3.05. The minimum atomic E-state index is 0.0463. The van der Waals surface area contributed by atoms with Gasteiger partial charge in [-0.15, -0.1) is 0 Å². The predicted molar refractivity (Wildman–Crippen MR) is 86.8 cm³/mol. The first kappa shape index (κ1) is 14.5. The van der Waals surface area contributed by atoms with E-state index in [4.69, 9.17) is 4.84 Å². The number of H-pyrrole nitrogens is 1. The molecule has 0 saturated carbocycles. The zero-order valence-electron chi connectivity index (χ0n) is 13.6. The Morgan fingerprint density at radius 1 is 1.45 bits per heavy atom. The molecule has 2 unspecified atom stereocenters. The van der Waals surface area contributed by atoms with Crippen LogP contribution in [0.25, 0.3) is 0 Å². The molecule has 1 aromatic heterocycles. The monoisotopic (exact) mass is 297 g/mol. The van der Waals surface area contributed by atoms with E-state index in [9.17, 15) is 0 Å². The van der Waals surface area contributed by atoms with Gasteiger partial charge >= 0.3 is 11.7 Å². The zero-order valence-corrected chi connectivity index (χ0v) is 13.6. The van der Waals surface area contributed by atoms with Gasteiger partial charge in [0.2, 0.25) is 0 Å². The Balaban J connectivity index is 1.94. The Morgan fingerprint density at radius 2 is 2.23 bits per heavy atom. The molecule has 1 N–H and O–H groups in total. The fraction of sp³-hybridized carbons (Fsp3) is 0.471. The fourth-order valence-corrected chi connectivity index (χ4v) is 2.62. The van der Waals surface area contributed by atoms with Crippen LogP contribution in [0.2, 0.25) is 0 Å². The number of amidine groups is 1. The van der Waals surface area contributed by atoms with Crippen molar-refractivity contribution < 1.29 is 4.84 Å². The second-order valence-electron chi connectivity index (χ2n) is 6.18. The molecule has 1 aliphatic heterocycles. The van der Waals surface area contributed by atoms with E-state index in [1.807, 2.05) is 20.0 Å². The molecule has 0 spiro atoms. The van der Waals surface area contributed by atoms with Crippen molar-refractivity contribution >= 4 is 11.7 Å². The number of nitrogens with zero attached hydrogens (tertiary/aromatic N) is 3. The van der Waals surface area contributed by atoms with E-state index < -0.39 is 0 Å². The Labute approximate surface area is 130 Å². The number of aromatic nitrogens is 2. The largest absolute Gasteiger partial charge is 0.454 e. The molecule has 2 heterocycles. The minimum absolute atomic E-state index is 0.0463. The molecule has 5 heteroatoms. The van der Waals surface area contributed by atoms with E-state index in [2.05, 4.69) is 53.6 Å². The predicted octanol–water partition coefficient (Wildman–Crippen LogP) is 1.66. The van der Waals surface area contributed by atoms with Crippen molar-refractivity contribution in [1.29, 1.82) is 0 Å². The van der Waals surface area contributed by atoms with Crippen LogP contribution in [0, 0.1) is 36.5 Å². The summed E-state index contributed by atoms with van der Waals surface area (Å²) < 4.78 is 4.62. The number of aryl methyl sites for hydroxylation is 1. The molecule has 114 valence electrons. The molecule has 0 saturated heterocycles. The van der Waals surface area contributed by atoms with Crippen molar-refractivity contribution in [1.82, 2.24) is 19.9 Å². The SMILES string of the molecule is Cc1cc(C2=[N+]=C(C3C#CC(C(C)C)=CC3C)N(C)O2)n[nH]1. The van der Waals surface area contributed by atoms with E-state index in [1.165, 1.54) is 5.57 Å². The van der Waals surface area contributed by atoms with Crippen molar-refractivity contribution in [3.63, 3.8) is 0 Å². The van der Waals surface area contributed by atoms with Crippen LogP contribution in [-0.4, -0.2) is 34.0 Å². The summed E-state index contributed by atoms with van der Waals surface area (Å²) in [5.41, 5.74) is 2.90. The van der Waals surface area contributed by atoms with Crippen molar-refractivity contribution in [2.45, 2.75) is 27.7 Å². The number of hydroxylamine groups is 2. The van der Waals surface area contributed by atoms with Crippen LogP contribution in [0.15, 0.2) is 17.7 Å². The first-order valence-corrected chi connectivity index (χ1v) is 7.58. The van der Waals surface area contributed by atoms with Gasteiger partial charge in [0, 0.05) is 17.2 Å². The summed E-state index contributed by atoms with van der Waals surface area (Å²) in [4.78, 5) is 5.72. The first-order chi connectivity index (χ1) is 10.5. The summed E-state index contributed by atoms with van der Waals surface area (Å²) in [6.45, 7) is 8.46. The van der Waals surface area contributed by atoms with Crippen LogP contribution in [0.5, 0.6) is 0 Å². The number of nitrogens with one attached hydrogen (secondary N) is 1. The highest BCUT2D eigenvalue weighted by Gasteiger charge is 2.41. The molecular formula is C17H21N4O+. The molecule has 0 fully saturated rings. The summed E-state index contributed by atoms with van der Waals surface area (Å²) in [5.74, 6) is 8.79. The zero-order chi connectivity index (χ0) is 15.9. The topological polar surface area (TPSA) is 55.3 Å². The summed E-state index contributed by atoms with van der Waals surface area (Å²) in [6.07, 6.45) is 2.25. The molecule has 2 atom stereocenters. The second kappa shape index (κ2) is 5.40. The lowest BCUT2D eigenvalue weighted by molar-refractivity contribution is 0.0376. The third-order valence-corrected chi connectivity index (χ3v) is 3.93. The average molecular weight is 297 g/mol. The van der Waals surface area contributed by atoms with Gasteiger partial charge in [0.25, 0.3) is 0 Å². The van der Waals surface area contributed by atoms with Gasteiger partial charge in [0.1, 0.15) is 13.0 Å². The van der Waals surface area contributed by atoms with Crippen LogP contribution in [0.4, 0.5) is 0 Å². The Kier molecular flexibility index (Phi) is 3.56. The van der Waals surface area contributed by atoms with Crippen LogP contribution in [-0.2, 0) is 4.84 Å². The van der Waals surface area contributed by atoms with Gasteiger partial charge in [-0.3, -0.25) is 5.10 Å². The highest BCUT2D eigenvalue weighted by Crippen LogP contribution is 2.24. The number of rotatable bonds is 3. The molecule has 0 amide bonds. The van der Waals surface area contributed by atoms with Gasteiger partial charge in [-0.1, -0.05) is 43.8 Å². The number of hydrogen-bond acceptors (Lipinski definition) is 3. The van der Waals surface area contributed by atoms with E-state index in [1.54, 1.807) is 5.06 Å². The van der Waals surface area contributed by atoms with Crippen molar-refractivity contribution in [3.05, 3.63) is 29.1 Å². The fourth-order valence-electron chi connectivity index (χ4n) is 2.62. The van der Waals surface area contributed by atoms with Gasteiger partial charge in [-0.2, -0.15) is 9.77 Å². The van der Waals surface area contributed by atoms with Crippen LogP contribution >= 0.6 is 0 Å². The van der Waals surface area contributed by atoms with Gasteiger partial charge in [-0.05, 0) is 18.9 Å². The van der Waals surface area contributed by atoms with E-state index in [0.717, 1.165) is 11.5 Å². The lowest BCUT2D eigenvalue weighted by Crippen LogP contribution is -2.34. The Morgan fingerprint density at radius 3 is 2.82 bits per heavy atom. The van der Waals surface area contributed by atoms with Gasteiger partial charge < -0.3 is 0 Å². The van der Waals surface area contributed by atoms with Gasteiger partial charge in [0.05, 0.1) is 0 Å². The standard InChI is InChI=1S/C17H20N4O/c1-10(2)13-6-7-14(11(3)8-13)16-18-17(22-21(16)5)15-9-12(4)19-20-15/h8-11,14H,1-5H3/p+1. The Hall–Kier alpha value is -2.44. The normalized spacial score (nSPS) is 23.5. The number of hydrogen-bond donors (Lipinski definition) is 1. The highest BCUT2D eigenvalue weighted by atomic mass is 16.7. The third kappa shape index (κ3) is 2.54. The highest BCUT2D eigenvalue weighted by molar-refractivity contribution is 6.01.